The quantitative estimate of drug-likeness (QED) is 0.439. The summed E-state index contributed by atoms with van der Waals surface area (Å²) in [5.41, 5.74) is 3.50. The lowest BCUT2D eigenvalue weighted by Crippen LogP contribution is -2.14. The number of hydrogen-bond acceptors (Lipinski definition) is 2. The van der Waals surface area contributed by atoms with Gasteiger partial charge in [-0.15, -0.1) is 17.9 Å². The monoisotopic (exact) mass is 342 g/mol. The number of benzene rings is 3. The molecule has 0 saturated heterocycles. The largest absolute Gasteiger partial charge is 0.285 e. The highest BCUT2D eigenvalue weighted by atomic mass is 32.1. The second kappa shape index (κ2) is 6.91. The van der Waals surface area contributed by atoms with Gasteiger partial charge in [0.2, 0.25) is 0 Å². The molecule has 1 aromatic heterocycles. The van der Waals surface area contributed by atoms with Crippen molar-refractivity contribution in [1.82, 2.24) is 4.57 Å². The summed E-state index contributed by atoms with van der Waals surface area (Å²) >= 11 is 1.66. The Labute approximate surface area is 151 Å². The Balaban J connectivity index is 2.05. The van der Waals surface area contributed by atoms with Crippen LogP contribution in [0.5, 0.6) is 0 Å². The fraction of sp³-hybridized carbons (Fsp3) is 0.0455. The van der Waals surface area contributed by atoms with E-state index in [1.807, 2.05) is 12.1 Å². The average Bonchev–Trinajstić information content (AvgIpc) is 3.10. The molecule has 0 amide bonds. The molecule has 0 unspecified atom stereocenters. The zero-order valence-electron chi connectivity index (χ0n) is 13.8. The molecular weight excluding hydrogens is 324 g/mol. The highest BCUT2D eigenvalue weighted by Crippen LogP contribution is 2.27. The van der Waals surface area contributed by atoms with E-state index < -0.39 is 0 Å². The molecule has 0 aliphatic carbocycles. The van der Waals surface area contributed by atoms with Crippen molar-refractivity contribution in [3.8, 4) is 16.9 Å². The maximum Gasteiger partial charge on any atom is 0.190 e. The molecular formula is C22H18N2S. The summed E-state index contributed by atoms with van der Waals surface area (Å²) in [6.45, 7) is 4.41. The lowest BCUT2D eigenvalue weighted by molar-refractivity contribution is 0.984. The van der Waals surface area contributed by atoms with Crippen molar-refractivity contribution >= 4 is 22.1 Å². The van der Waals surface area contributed by atoms with Crippen LogP contribution in [0.25, 0.3) is 27.7 Å². The number of fused-ring (bicyclic) bond motifs is 1. The third-order valence-corrected chi connectivity index (χ3v) is 5.00. The van der Waals surface area contributed by atoms with Crippen LogP contribution in [0.15, 0.2) is 95.8 Å². The van der Waals surface area contributed by atoms with Crippen LogP contribution >= 0.6 is 11.3 Å². The van der Waals surface area contributed by atoms with Crippen molar-refractivity contribution < 1.29 is 0 Å². The molecule has 0 aliphatic heterocycles. The van der Waals surface area contributed by atoms with Crippen molar-refractivity contribution in [3.05, 3.63) is 95.6 Å². The number of nitrogens with zero attached hydrogens (tertiary/aromatic N) is 2. The van der Waals surface area contributed by atoms with E-state index in [1.54, 1.807) is 11.3 Å². The molecule has 0 spiro atoms. The van der Waals surface area contributed by atoms with E-state index in [-0.39, 0.29) is 0 Å². The van der Waals surface area contributed by atoms with Crippen molar-refractivity contribution in [3.63, 3.8) is 0 Å². The molecule has 0 bridgehead atoms. The van der Waals surface area contributed by atoms with Crippen molar-refractivity contribution in [2.24, 2.45) is 4.99 Å². The first-order valence-electron chi connectivity index (χ1n) is 8.24. The normalized spacial score (nSPS) is 11.8. The van der Waals surface area contributed by atoms with Crippen LogP contribution < -0.4 is 4.80 Å². The van der Waals surface area contributed by atoms with Gasteiger partial charge in [-0.1, -0.05) is 72.8 Å². The molecule has 0 fully saturated rings. The molecule has 3 heteroatoms. The Hall–Kier alpha value is -2.91. The van der Waals surface area contributed by atoms with Crippen LogP contribution in [-0.4, -0.2) is 11.1 Å². The topological polar surface area (TPSA) is 17.3 Å². The maximum absolute atomic E-state index is 4.72. The van der Waals surface area contributed by atoms with Gasteiger partial charge in [0.25, 0.3) is 0 Å². The molecule has 0 saturated carbocycles. The second-order valence-electron chi connectivity index (χ2n) is 5.73. The van der Waals surface area contributed by atoms with Crippen LogP contribution in [0.3, 0.4) is 0 Å². The Bertz CT molecular complexity index is 1080. The summed E-state index contributed by atoms with van der Waals surface area (Å²) < 4.78 is 2.26. The summed E-state index contributed by atoms with van der Waals surface area (Å²) in [6, 6.07) is 25.4. The van der Waals surface area contributed by atoms with Gasteiger partial charge in [-0.05, 0) is 17.0 Å². The van der Waals surface area contributed by atoms with Crippen LogP contribution in [-0.2, 0) is 0 Å². The molecule has 0 radical (unpaired) electrons. The van der Waals surface area contributed by atoms with Gasteiger partial charge in [0.1, 0.15) is 0 Å². The summed E-state index contributed by atoms with van der Waals surface area (Å²) in [5.74, 6) is 0. The standard InChI is InChI=1S/C22H18N2S/c1-2-15-23-22-24(21(16-25-22)18-10-4-3-5-11-18)20-14-8-12-17-9-6-7-13-19(17)20/h2-14,16H,1,15H2. The van der Waals surface area contributed by atoms with Crippen LogP contribution in [0.2, 0.25) is 0 Å². The second-order valence-corrected chi connectivity index (χ2v) is 6.57. The molecule has 25 heavy (non-hydrogen) atoms. The Kier molecular flexibility index (Phi) is 4.32. The molecule has 2 nitrogen and oxygen atoms in total. The Morgan fingerprint density at radius 2 is 1.68 bits per heavy atom. The molecule has 0 aliphatic rings. The lowest BCUT2D eigenvalue weighted by Gasteiger charge is -2.12. The minimum atomic E-state index is 0.611. The third kappa shape index (κ3) is 2.94. The smallest absolute Gasteiger partial charge is 0.190 e. The number of aromatic nitrogens is 1. The van der Waals surface area contributed by atoms with E-state index in [4.69, 9.17) is 4.99 Å². The van der Waals surface area contributed by atoms with Crippen LogP contribution in [0.1, 0.15) is 0 Å². The summed E-state index contributed by atoms with van der Waals surface area (Å²) in [6.07, 6.45) is 1.83. The molecule has 0 atom stereocenters. The van der Waals surface area contributed by atoms with E-state index in [2.05, 4.69) is 83.3 Å². The van der Waals surface area contributed by atoms with Crippen molar-refractivity contribution in [1.29, 1.82) is 0 Å². The van der Waals surface area contributed by atoms with Gasteiger partial charge in [-0.25, -0.2) is 0 Å². The van der Waals surface area contributed by atoms with Gasteiger partial charge in [0, 0.05) is 10.8 Å². The first kappa shape index (κ1) is 15.6. The highest BCUT2D eigenvalue weighted by molar-refractivity contribution is 7.07. The fourth-order valence-corrected chi connectivity index (χ4v) is 3.92. The Morgan fingerprint density at radius 3 is 2.52 bits per heavy atom. The van der Waals surface area contributed by atoms with E-state index in [9.17, 15) is 0 Å². The summed E-state index contributed by atoms with van der Waals surface area (Å²) in [7, 11) is 0. The van der Waals surface area contributed by atoms with Gasteiger partial charge >= 0.3 is 0 Å². The highest BCUT2D eigenvalue weighted by Gasteiger charge is 2.12. The predicted molar refractivity (Wildman–Crippen MR) is 107 cm³/mol. The van der Waals surface area contributed by atoms with E-state index in [0.717, 1.165) is 16.2 Å². The first-order chi connectivity index (χ1) is 12.4. The van der Waals surface area contributed by atoms with Crippen molar-refractivity contribution in [2.45, 2.75) is 0 Å². The SMILES string of the molecule is C=CCN=c1scc(-c2ccccc2)n1-c1cccc2ccccc12. The zero-order chi connectivity index (χ0) is 17.1. The predicted octanol–water partition coefficient (Wildman–Crippen LogP) is 5.45. The molecule has 4 aromatic rings. The number of rotatable bonds is 4. The van der Waals surface area contributed by atoms with Gasteiger partial charge < -0.3 is 0 Å². The van der Waals surface area contributed by atoms with Crippen LogP contribution in [0, 0.1) is 0 Å². The van der Waals surface area contributed by atoms with E-state index >= 15 is 0 Å². The molecule has 1 heterocycles. The fourth-order valence-electron chi connectivity index (χ4n) is 3.01. The zero-order valence-corrected chi connectivity index (χ0v) is 14.6. The van der Waals surface area contributed by atoms with Gasteiger partial charge in [-0.2, -0.15) is 0 Å². The third-order valence-electron chi connectivity index (χ3n) is 4.14. The lowest BCUT2D eigenvalue weighted by atomic mass is 10.1. The average molecular weight is 342 g/mol. The molecule has 122 valence electrons. The summed E-state index contributed by atoms with van der Waals surface area (Å²) in [5, 5.41) is 4.63. The number of thiazole rings is 1. The maximum atomic E-state index is 4.72. The number of hydrogen-bond donors (Lipinski definition) is 0. The minimum absolute atomic E-state index is 0.611. The Morgan fingerprint density at radius 1 is 0.920 bits per heavy atom. The molecule has 4 rings (SSSR count). The molecule has 0 N–H and O–H groups in total. The molecule has 3 aromatic carbocycles. The van der Waals surface area contributed by atoms with Gasteiger partial charge in [0.05, 0.1) is 17.9 Å². The first-order valence-corrected chi connectivity index (χ1v) is 9.12. The van der Waals surface area contributed by atoms with E-state index in [0.29, 0.717) is 6.54 Å². The summed E-state index contributed by atoms with van der Waals surface area (Å²) in [4.78, 5) is 5.70. The van der Waals surface area contributed by atoms with Crippen molar-refractivity contribution in [2.75, 3.05) is 6.54 Å². The van der Waals surface area contributed by atoms with Crippen LogP contribution in [0.4, 0.5) is 0 Å². The minimum Gasteiger partial charge on any atom is -0.285 e. The van der Waals surface area contributed by atoms with Gasteiger partial charge in [-0.3, -0.25) is 9.56 Å². The van der Waals surface area contributed by atoms with E-state index in [1.165, 1.54) is 16.3 Å². The van der Waals surface area contributed by atoms with Gasteiger partial charge in [0.15, 0.2) is 4.80 Å².